The van der Waals surface area contributed by atoms with E-state index in [-0.39, 0.29) is 37.3 Å². The van der Waals surface area contributed by atoms with Gasteiger partial charge in [-0.15, -0.1) is 29.7 Å². The van der Waals surface area contributed by atoms with Gasteiger partial charge in [-0.25, -0.2) is 4.98 Å². The predicted molar refractivity (Wildman–Crippen MR) is 203 cm³/mol. The number of aryl methyl sites for hydroxylation is 1. The Labute approximate surface area is 317 Å². The van der Waals surface area contributed by atoms with Crippen LogP contribution in [-0.4, -0.2) is 14.1 Å². The molecule has 7 aromatic rings. The fraction of sp³-hybridized carbons (Fsp3) is 0.289. The summed E-state index contributed by atoms with van der Waals surface area (Å²) in [7, 11) is 0. The number of pyridine rings is 1. The first kappa shape index (κ1) is 36.3. The Morgan fingerprint density at radius 2 is 1.39 bits per heavy atom. The third-order valence-electron chi connectivity index (χ3n) is 9.48. The van der Waals surface area contributed by atoms with Crippen molar-refractivity contribution >= 4 is 21.8 Å². The molecule has 0 unspecified atom stereocenters. The van der Waals surface area contributed by atoms with Gasteiger partial charge in [0.2, 0.25) is 0 Å². The maximum absolute atomic E-state index is 6.63. The van der Waals surface area contributed by atoms with E-state index < -0.39 is 0 Å². The SMILES string of the molecule is Cc1cc(C(C)(C)C)ccc1-[n+]1[c-]n(-c2[c-]c(Oc3[c-]c4c(cc3)c3ccccc3n4-c3cc(C(C)(C)C)ccn3)cc(C(C)(C)C)c2)cc1.[Pt]. The Kier molecular flexibility index (Phi) is 9.44. The second-order valence-electron chi connectivity index (χ2n) is 16.5. The first-order valence-electron chi connectivity index (χ1n) is 17.4. The number of ether oxygens (including phenoxy) is 1. The van der Waals surface area contributed by atoms with Gasteiger partial charge in [-0.1, -0.05) is 98.2 Å². The van der Waals surface area contributed by atoms with E-state index >= 15 is 0 Å². The molecule has 0 fully saturated rings. The van der Waals surface area contributed by atoms with Gasteiger partial charge in [0.15, 0.2) is 0 Å². The molecule has 6 heteroatoms. The maximum atomic E-state index is 6.63. The Morgan fingerprint density at radius 3 is 2.10 bits per heavy atom. The van der Waals surface area contributed by atoms with E-state index in [1.165, 1.54) is 16.7 Å². The number of nitrogens with zero attached hydrogens (tertiary/aromatic N) is 4. The van der Waals surface area contributed by atoms with Gasteiger partial charge in [0, 0.05) is 56.7 Å². The second-order valence-corrected chi connectivity index (χ2v) is 16.5. The van der Waals surface area contributed by atoms with Gasteiger partial charge in [-0.2, -0.15) is 17.7 Å². The Balaban J connectivity index is 0.00000448. The van der Waals surface area contributed by atoms with Crippen LogP contribution in [0.3, 0.4) is 0 Å². The van der Waals surface area contributed by atoms with Crippen molar-refractivity contribution in [3.63, 3.8) is 0 Å². The second kappa shape index (κ2) is 13.3. The average Bonchev–Trinajstić information content (AvgIpc) is 3.67. The Hall–Kier alpha value is -4.47. The van der Waals surface area contributed by atoms with Gasteiger partial charge in [0.25, 0.3) is 6.33 Å². The quantitative estimate of drug-likeness (QED) is 0.128. The van der Waals surface area contributed by atoms with Crippen molar-refractivity contribution in [1.82, 2.24) is 14.1 Å². The molecule has 0 bridgehead atoms. The summed E-state index contributed by atoms with van der Waals surface area (Å²) in [5.74, 6) is 2.10. The first-order chi connectivity index (χ1) is 23.6. The van der Waals surface area contributed by atoms with E-state index in [0.717, 1.165) is 44.6 Å². The molecule has 3 aromatic heterocycles. The van der Waals surface area contributed by atoms with Gasteiger partial charge in [-0.05, 0) is 75.2 Å². The average molecular weight is 854 g/mol. The molecule has 5 nitrogen and oxygen atoms in total. The van der Waals surface area contributed by atoms with Crippen LogP contribution in [0.15, 0.2) is 97.5 Å². The molecule has 264 valence electrons. The minimum absolute atomic E-state index is 0. The summed E-state index contributed by atoms with van der Waals surface area (Å²) in [6, 6.07) is 34.9. The summed E-state index contributed by atoms with van der Waals surface area (Å²) in [5.41, 5.74) is 8.80. The van der Waals surface area contributed by atoms with Gasteiger partial charge in [0.05, 0.1) is 5.69 Å². The Morgan fingerprint density at radius 1 is 0.686 bits per heavy atom. The van der Waals surface area contributed by atoms with Crippen LogP contribution in [0.5, 0.6) is 11.5 Å². The van der Waals surface area contributed by atoms with Gasteiger partial charge in [-0.3, -0.25) is 4.57 Å². The first-order valence-corrected chi connectivity index (χ1v) is 17.4. The number of hydrogen-bond donors (Lipinski definition) is 0. The van der Waals surface area contributed by atoms with Crippen molar-refractivity contribution in [2.24, 2.45) is 0 Å². The van der Waals surface area contributed by atoms with Crippen LogP contribution in [0.4, 0.5) is 0 Å². The Bertz CT molecular complexity index is 2380. The monoisotopic (exact) mass is 853 g/mol. The molecule has 0 aliphatic rings. The molecule has 3 heterocycles. The van der Waals surface area contributed by atoms with E-state index in [2.05, 4.69) is 165 Å². The third-order valence-corrected chi connectivity index (χ3v) is 9.48. The maximum Gasteiger partial charge on any atom is 0.267 e. The smallest absolute Gasteiger partial charge is 0.267 e. The molecule has 7 rings (SSSR count). The van der Waals surface area contributed by atoms with Crippen molar-refractivity contribution in [2.75, 3.05) is 0 Å². The van der Waals surface area contributed by atoms with Gasteiger partial charge >= 0.3 is 0 Å². The van der Waals surface area contributed by atoms with Crippen molar-refractivity contribution in [3.8, 4) is 28.7 Å². The summed E-state index contributed by atoms with van der Waals surface area (Å²) in [6.45, 7) is 22.2. The predicted octanol–water partition coefficient (Wildman–Crippen LogP) is 10.6. The normalized spacial score (nSPS) is 12.4. The summed E-state index contributed by atoms with van der Waals surface area (Å²) < 4.78 is 12.8. The number of hydrogen-bond acceptors (Lipinski definition) is 2. The summed E-state index contributed by atoms with van der Waals surface area (Å²) >= 11 is 0. The van der Waals surface area contributed by atoms with Crippen LogP contribution in [0.25, 0.3) is 39.0 Å². The zero-order chi connectivity index (χ0) is 35.6. The molecule has 0 aliphatic heterocycles. The van der Waals surface area contributed by atoms with Crippen molar-refractivity contribution in [3.05, 3.63) is 138 Å². The molecule has 0 N–H and O–H groups in total. The minimum atomic E-state index is -0.117. The molecule has 0 radical (unpaired) electrons. The fourth-order valence-corrected chi connectivity index (χ4v) is 6.42. The standard InChI is InChI=1S/C45H46N4O.Pt/c1-30-23-31(43(2,3)4)15-18-39(30)48-22-21-47(29-48)34-24-33(45(8,9)10)25-36(27-34)50-35-16-17-38-37-13-11-12-14-40(37)49(41(38)28-35)42-26-32(19-20-46-42)44(5,6)7;/h11-26H,1-10H3;/q-2;. The molecule has 0 amide bonds. The zero-order valence-corrected chi connectivity index (χ0v) is 33.5. The largest absolute Gasteiger partial charge is 0.510 e. The topological polar surface area (TPSA) is 35.9 Å². The molecule has 4 aromatic carbocycles. The number of para-hydroxylation sites is 1. The molecule has 0 atom stereocenters. The molecular formula is C45H46N4OPt-2. The third kappa shape index (κ3) is 7.19. The van der Waals surface area contributed by atoms with Crippen LogP contribution in [0.1, 0.15) is 84.6 Å². The van der Waals surface area contributed by atoms with Crippen molar-refractivity contribution in [1.29, 1.82) is 0 Å². The fourth-order valence-electron chi connectivity index (χ4n) is 6.42. The summed E-state index contributed by atoms with van der Waals surface area (Å²) in [6.07, 6.45) is 9.49. The number of aromatic nitrogens is 4. The molecular weight excluding hydrogens is 808 g/mol. The number of fused-ring (bicyclic) bond motifs is 3. The molecule has 0 saturated heterocycles. The van der Waals surface area contributed by atoms with E-state index in [0.29, 0.717) is 11.5 Å². The van der Waals surface area contributed by atoms with Crippen molar-refractivity contribution in [2.45, 2.75) is 85.5 Å². The van der Waals surface area contributed by atoms with Gasteiger partial charge < -0.3 is 13.9 Å². The van der Waals surface area contributed by atoms with E-state index in [9.17, 15) is 0 Å². The van der Waals surface area contributed by atoms with Crippen molar-refractivity contribution < 1.29 is 30.4 Å². The van der Waals surface area contributed by atoms with E-state index in [4.69, 9.17) is 9.72 Å². The van der Waals surface area contributed by atoms with E-state index in [1.54, 1.807) is 0 Å². The number of imidazole rings is 1. The van der Waals surface area contributed by atoms with Crippen LogP contribution in [0, 0.1) is 25.4 Å². The molecule has 0 saturated carbocycles. The van der Waals surface area contributed by atoms with E-state index in [1.807, 2.05) is 33.8 Å². The zero-order valence-electron chi connectivity index (χ0n) is 31.3. The van der Waals surface area contributed by atoms with Gasteiger partial charge in [0.1, 0.15) is 5.82 Å². The summed E-state index contributed by atoms with van der Waals surface area (Å²) in [4.78, 5) is 4.82. The van der Waals surface area contributed by atoms with Crippen LogP contribution >= 0.6 is 0 Å². The van der Waals surface area contributed by atoms with Crippen LogP contribution in [0.2, 0.25) is 0 Å². The minimum Gasteiger partial charge on any atom is -0.510 e. The summed E-state index contributed by atoms with van der Waals surface area (Å²) in [5, 5.41) is 2.25. The van der Waals surface area contributed by atoms with Crippen LogP contribution in [-0.2, 0) is 37.3 Å². The molecule has 51 heavy (non-hydrogen) atoms. The number of rotatable bonds is 5. The number of benzene rings is 4. The van der Waals surface area contributed by atoms with Crippen LogP contribution < -0.4 is 9.30 Å². The molecule has 0 aliphatic carbocycles. The molecule has 0 spiro atoms.